The van der Waals surface area contributed by atoms with Gasteiger partial charge in [0.2, 0.25) is 0 Å². The Bertz CT molecular complexity index is 2290. The van der Waals surface area contributed by atoms with E-state index in [2.05, 4.69) is 27.3 Å². The van der Waals surface area contributed by atoms with Crippen LogP contribution in [0.25, 0.3) is 12.2 Å². The van der Waals surface area contributed by atoms with Crippen molar-refractivity contribution in [3.05, 3.63) is 156 Å². The number of fused-ring (bicyclic) bond motifs is 1. The van der Waals surface area contributed by atoms with Crippen molar-refractivity contribution in [1.82, 2.24) is 14.5 Å². The highest BCUT2D eigenvalue weighted by atomic mass is 16.5. The van der Waals surface area contributed by atoms with Gasteiger partial charge in [-0.2, -0.15) is 0 Å². The standard InChI is InChI=1S/C42H42N4O5/c1-50-38-24-32-18-20-45(27-34(32)25-39(38)51-2)19-17-28-13-15-35(16-14-28)43-40(47)33-10-6-9-31(21-33)22-36-42(49)46(26-30-11-12-30)37(41(48)44-36)23-29-7-4-3-5-8-29/h3-10,13-16,21-25,30H,11-12,17-20,26-27H2,1-2H3,(H,43,47)(H,44,48). The molecule has 0 saturated heterocycles. The Morgan fingerprint density at radius 1 is 0.863 bits per heavy atom. The molecule has 1 fully saturated rings. The lowest BCUT2D eigenvalue weighted by molar-refractivity contribution is 0.102. The molecule has 9 heteroatoms. The number of benzene rings is 4. The number of rotatable bonds is 11. The molecule has 1 aliphatic carbocycles. The fourth-order valence-electron chi connectivity index (χ4n) is 6.62. The number of ether oxygens (including phenoxy) is 2. The average Bonchev–Trinajstić information content (AvgIpc) is 3.99. The number of H-pyrrole nitrogens is 1. The third kappa shape index (κ3) is 8.05. The number of methoxy groups -OCH3 is 2. The van der Waals surface area contributed by atoms with Gasteiger partial charge in [-0.05, 0) is 108 Å². The second-order valence-corrected chi connectivity index (χ2v) is 13.3. The zero-order valence-corrected chi connectivity index (χ0v) is 29.0. The lowest BCUT2D eigenvalue weighted by Gasteiger charge is -2.29. The van der Waals surface area contributed by atoms with Crippen LogP contribution in [0.4, 0.5) is 5.69 Å². The zero-order valence-electron chi connectivity index (χ0n) is 29.0. The average molecular weight is 683 g/mol. The molecule has 1 saturated carbocycles. The lowest BCUT2D eigenvalue weighted by atomic mass is 9.98. The number of carbonyl (C=O) groups is 1. The van der Waals surface area contributed by atoms with E-state index >= 15 is 0 Å². The maximum absolute atomic E-state index is 13.7. The van der Waals surface area contributed by atoms with Gasteiger partial charge in [-0.15, -0.1) is 0 Å². The number of nitrogens with zero attached hydrogens (tertiary/aromatic N) is 2. The minimum absolute atomic E-state index is 0.188. The SMILES string of the molecule is COc1cc2c(cc1OC)CN(CCc1ccc(NC(=O)c3cccc(C=c4[nH]c(=O)c(=Cc5ccccc5)n(CC5CC5)c4=O)c3)cc1)CC2. The Labute approximate surface area is 296 Å². The summed E-state index contributed by atoms with van der Waals surface area (Å²) < 4.78 is 12.6. The molecule has 0 atom stereocenters. The summed E-state index contributed by atoms with van der Waals surface area (Å²) in [7, 11) is 3.33. The third-order valence-corrected chi connectivity index (χ3v) is 9.67. The predicted octanol–water partition coefficient (Wildman–Crippen LogP) is 4.47. The van der Waals surface area contributed by atoms with Gasteiger partial charge in [0.1, 0.15) is 10.7 Å². The van der Waals surface area contributed by atoms with E-state index in [0.717, 1.165) is 62.4 Å². The molecule has 0 radical (unpaired) electrons. The largest absolute Gasteiger partial charge is 0.493 e. The van der Waals surface area contributed by atoms with Crippen molar-refractivity contribution < 1.29 is 14.3 Å². The fourth-order valence-corrected chi connectivity index (χ4v) is 6.62. The molecule has 51 heavy (non-hydrogen) atoms. The summed E-state index contributed by atoms with van der Waals surface area (Å²) in [4.78, 5) is 45.5. The van der Waals surface area contributed by atoms with Crippen molar-refractivity contribution in [2.45, 2.75) is 38.8 Å². The van der Waals surface area contributed by atoms with Gasteiger partial charge in [0, 0.05) is 37.4 Å². The summed E-state index contributed by atoms with van der Waals surface area (Å²) in [5.74, 6) is 1.66. The fraction of sp³-hybridized carbons (Fsp3) is 0.262. The zero-order chi connectivity index (χ0) is 35.3. The molecule has 9 nitrogen and oxygen atoms in total. The highest BCUT2D eigenvalue weighted by Crippen LogP contribution is 2.33. The van der Waals surface area contributed by atoms with Gasteiger partial charge < -0.3 is 24.3 Å². The monoisotopic (exact) mass is 682 g/mol. The van der Waals surface area contributed by atoms with E-state index in [1.165, 1.54) is 16.7 Å². The van der Waals surface area contributed by atoms with E-state index in [1.807, 2.05) is 60.7 Å². The minimum Gasteiger partial charge on any atom is -0.493 e. The van der Waals surface area contributed by atoms with Crippen molar-refractivity contribution >= 4 is 23.7 Å². The number of carbonyl (C=O) groups excluding carboxylic acids is 1. The van der Waals surface area contributed by atoms with Gasteiger partial charge in [-0.3, -0.25) is 19.3 Å². The second-order valence-electron chi connectivity index (χ2n) is 13.3. The lowest BCUT2D eigenvalue weighted by Crippen LogP contribution is -2.53. The van der Waals surface area contributed by atoms with Crippen LogP contribution in [0.1, 0.15) is 51.0 Å². The highest BCUT2D eigenvalue weighted by molar-refractivity contribution is 6.04. The van der Waals surface area contributed by atoms with Crippen LogP contribution in [0.15, 0.2) is 101 Å². The van der Waals surface area contributed by atoms with Crippen molar-refractivity contribution in [2.24, 2.45) is 5.92 Å². The Kier molecular flexibility index (Phi) is 9.99. The molecule has 1 amide bonds. The van der Waals surface area contributed by atoms with E-state index in [-0.39, 0.29) is 22.4 Å². The summed E-state index contributed by atoms with van der Waals surface area (Å²) in [6.45, 7) is 3.28. The van der Waals surface area contributed by atoms with E-state index in [9.17, 15) is 14.4 Å². The maximum atomic E-state index is 13.7. The van der Waals surface area contributed by atoms with Gasteiger partial charge in [0.05, 0.1) is 14.2 Å². The van der Waals surface area contributed by atoms with Gasteiger partial charge >= 0.3 is 0 Å². The first-order valence-electron chi connectivity index (χ1n) is 17.4. The van der Waals surface area contributed by atoms with Crippen molar-refractivity contribution in [2.75, 3.05) is 32.6 Å². The van der Waals surface area contributed by atoms with E-state index in [1.54, 1.807) is 49.1 Å². The number of hydrogen-bond acceptors (Lipinski definition) is 6. The molecular formula is C42H42N4O5. The third-order valence-electron chi connectivity index (χ3n) is 9.67. The number of aromatic nitrogens is 2. The van der Waals surface area contributed by atoms with Crippen LogP contribution < -0.4 is 36.6 Å². The molecule has 260 valence electrons. The van der Waals surface area contributed by atoms with Crippen LogP contribution >= 0.6 is 0 Å². The first kappa shape index (κ1) is 33.8. The van der Waals surface area contributed by atoms with E-state index in [4.69, 9.17) is 9.47 Å². The molecule has 1 aromatic heterocycles. The summed E-state index contributed by atoms with van der Waals surface area (Å²) in [5, 5.41) is 3.52. The van der Waals surface area contributed by atoms with E-state index < -0.39 is 0 Å². The van der Waals surface area contributed by atoms with Crippen molar-refractivity contribution in [1.29, 1.82) is 0 Å². The summed E-state index contributed by atoms with van der Waals surface area (Å²) in [6.07, 6.45) is 7.35. The number of amides is 1. The Morgan fingerprint density at radius 3 is 2.31 bits per heavy atom. The molecule has 0 unspecified atom stereocenters. The van der Waals surface area contributed by atoms with Crippen molar-refractivity contribution in [3.63, 3.8) is 0 Å². The van der Waals surface area contributed by atoms with Crippen LogP contribution in [0, 0.1) is 5.92 Å². The topological polar surface area (TPSA) is 106 Å². The van der Waals surface area contributed by atoms with Crippen LogP contribution in [-0.4, -0.2) is 47.7 Å². The Hall–Kier alpha value is -5.67. The second kappa shape index (κ2) is 15.1. The summed E-state index contributed by atoms with van der Waals surface area (Å²) in [5.41, 5.74) is 5.82. The van der Waals surface area contributed by atoms with Crippen LogP contribution in [0.2, 0.25) is 0 Å². The van der Waals surface area contributed by atoms with Gasteiger partial charge in [-0.25, -0.2) is 0 Å². The quantitative estimate of drug-likeness (QED) is 0.213. The summed E-state index contributed by atoms with van der Waals surface area (Å²) in [6, 6.07) is 28.7. The number of anilines is 1. The molecular weight excluding hydrogens is 640 g/mol. The van der Waals surface area contributed by atoms with Crippen LogP contribution in [0.5, 0.6) is 11.5 Å². The van der Waals surface area contributed by atoms with Gasteiger partial charge in [0.25, 0.3) is 17.0 Å². The normalized spacial score (nSPS) is 15.0. The molecule has 4 aromatic carbocycles. The molecule has 1 aliphatic heterocycles. The first-order chi connectivity index (χ1) is 24.9. The maximum Gasteiger partial charge on any atom is 0.274 e. The van der Waals surface area contributed by atoms with Gasteiger partial charge in [0.15, 0.2) is 11.5 Å². The van der Waals surface area contributed by atoms with Gasteiger partial charge in [-0.1, -0.05) is 54.6 Å². The molecule has 2 aliphatic rings. The first-order valence-corrected chi connectivity index (χ1v) is 17.4. The number of hydrogen-bond donors (Lipinski definition) is 2. The Balaban J connectivity index is 1.02. The minimum atomic E-state index is -0.328. The molecule has 0 spiro atoms. The Morgan fingerprint density at radius 2 is 1.59 bits per heavy atom. The highest BCUT2D eigenvalue weighted by Gasteiger charge is 2.23. The number of aromatic amines is 1. The number of nitrogens with one attached hydrogen (secondary N) is 2. The molecule has 2 N–H and O–H groups in total. The predicted molar refractivity (Wildman–Crippen MR) is 200 cm³/mol. The smallest absolute Gasteiger partial charge is 0.274 e. The van der Waals surface area contributed by atoms with Crippen LogP contribution in [0.3, 0.4) is 0 Å². The molecule has 2 heterocycles. The van der Waals surface area contributed by atoms with Crippen molar-refractivity contribution in [3.8, 4) is 11.5 Å². The molecule has 0 bridgehead atoms. The molecule has 5 aromatic rings. The van der Waals surface area contributed by atoms with E-state index in [0.29, 0.717) is 34.6 Å². The van der Waals surface area contributed by atoms with Crippen LogP contribution in [-0.2, 0) is 25.9 Å². The summed E-state index contributed by atoms with van der Waals surface area (Å²) >= 11 is 0. The molecule has 7 rings (SSSR count).